The molecule has 5 nitrogen and oxygen atoms in total. The lowest BCUT2D eigenvalue weighted by molar-refractivity contribution is 0.207. The maximum Gasteiger partial charge on any atom is 0.317 e. The number of hydrogen-bond acceptors (Lipinski definition) is 4. The van der Waals surface area contributed by atoms with E-state index in [1.807, 2.05) is 25.4 Å². The largest absolute Gasteiger partial charge is 0.352 e. The first-order valence-electron chi connectivity index (χ1n) is 9.89. The van der Waals surface area contributed by atoms with Gasteiger partial charge in [0.05, 0.1) is 6.54 Å². The van der Waals surface area contributed by atoms with Gasteiger partial charge in [-0.2, -0.15) is 0 Å². The van der Waals surface area contributed by atoms with Gasteiger partial charge in [0.15, 0.2) is 0 Å². The topological polar surface area (TPSA) is 48.5 Å². The molecule has 1 aliphatic rings. The van der Waals surface area contributed by atoms with E-state index in [2.05, 4.69) is 57.8 Å². The number of nitrogens with zero attached hydrogens (tertiary/aromatic N) is 3. The second-order valence-corrected chi connectivity index (χ2v) is 8.51. The molecule has 0 unspecified atom stereocenters. The van der Waals surface area contributed by atoms with Crippen LogP contribution in [0, 0.1) is 6.92 Å². The standard InChI is InChI=1S/C23H26N4OS/c1-17-10-12-29-21(17)16-26(2)23(28)25-14-18-7-8-22(24-13-18)27-11-9-19-5-3-4-6-20(19)15-27/h3-8,10,12-13H,9,11,14-16H2,1-2H3,(H,25,28). The second kappa shape index (κ2) is 8.66. The molecule has 3 aromatic rings. The van der Waals surface area contributed by atoms with Crippen LogP contribution >= 0.6 is 11.3 Å². The van der Waals surface area contributed by atoms with E-state index in [9.17, 15) is 4.79 Å². The molecule has 0 radical (unpaired) electrons. The average Bonchev–Trinajstić information content (AvgIpc) is 3.16. The van der Waals surface area contributed by atoms with Crippen LogP contribution in [0.3, 0.4) is 0 Å². The number of nitrogens with one attached hydrogen (secondary N) is 1. The zero-order chi connectivity index (χ0) is 20.2. The SMILES string of the molecule is Cc1ccsc1CN(C)C(=O)NCc1ccc(N2CCc3ccccc3C2)nc1. The Bertz CT molecular complexity index is 983. The average molecular weight is 407 g/mol. The highest BCUT2D eigenvalue weighted by Gasteiger charge is 2.17. The number of fused-ring (bicyclic) bond motifs is 1. The summed E-state index contributed by atoms with van der Waals surface area (Å²) < 4.78 is 0. The molecule has 0 spiro atoms. The Hall–Kier alpha value is -2.86. The van der Waals surface area contributed by atoms with Crippen molar-refractivity contribution in [3.05, 3.63) is 81.2 Å². The lowest BCUT2D eigenvalue weighted by Gasteiger charge is -2.29. The van der Waals surface area contributed by atoms with Crippen LogP contribution < -0.4 is 10.2 Å². The lowest BCUT2D eigenvalue weighted by Crippen LogP contribution is -2.36. The van der Waals surface area contributed by atoms with Crippen molar-refractivity contribution in [1.82, 2.24) is 15.2 Å². The van der Waals surface area contributed by atoms with Crippen molar-refractivity contribution in [2.24, 2.45) is 0 Å². The minimum atomic E-state index is -0.0745. The quantitative estimate of drug-likeness (QED) is 0.685. The number of aryl methyl sites for hydroxylation is 1. The molecule has 4 rings (SSSR count). The number of amides is 2. The Morgan fingerprint density at radius 2 is 2.03 bits per heavy atom. The van der Waals surface area contributed by atoms with Gasteiger partial charge in [-0.15, -0.1) is 11.3 Å². The number of aromatic nitrogens is 1. The number of rotatable bonds is 5. The summed E-state index contributed by atoms with van der Waals surface area (Å²) in [6.45, 7) is 5.05. The molecule has 6 heteroatoms. The van der Waals surface area contributed by atoms with Gasteiger partial charge in [0.25, 0.3) is 0 Å². The molecule has 0 fully saturated rings. The predicted molar refractivity (Wildman–Crippen MR) is 118 cm³/mol. The van der Waals surface area contributed by atoms with Gasteiger partial charge in [0.1, 0.15) is 5.82 Å². The van der Waals surface area contributed by atoms with Crippen LogP contribution in [0.5, 0.6) is 0 Å². The van der Waals surface area contributed by atoms with E-state index in [4.69, 9.17) is 0 Å². The van der Waals surface area contributed by atoms with Crippen molar-refractivity contribution in [3.63, 3.8) is 0 Å². The molecule has 1 N–H and O–H groups in total. The Labute approximate surface area is 176 Å². The fraction of sp³-hybridized carbons (Fsp3) is 0.304. The van der Waals surface area contributed by atoms with Crippen LogP contribution in [0.4, 0.5) is 10.6 Å². The summed E-state index contributed by atoms with van der Waals surface area (Å²) in [4.78, 5) is 22.2. The van der Waals surface area contributed by atoms with Crippen molar-refractivity contribution in [2.45, 2.75) is 33.0 Å². The molecular weight excluding hydrogens is 380 g/mol. The third kappa shape index (κ3) is 4.59. The van der Waals surface area contributed by atoms with Crippen LogP contribution in [0.15, 0.2) is 54.0 Å². The second-order valence-electron chi connectivity index (χ2n) is 7.51. The predicted octanol–water partition coefficient (Wildman–Crippen LogP) is 4.36. The van der Waals surface area contributed by atoms with E-state index in [-0.39, 0.29) is 6.03 Å². The van der Waals surface area contributed by atoms with Crippen molar-refractivity contribution < 1.29 is 4.79 Å². The molecule has 1 aliphatic heterocycles. The van der Waals surface area contributed by atoms with E-state index in [1.54, 1.807) is 16.2 Å². The van der Waals surface area contributed by atoms with Gasteiger partial charge < -0.3 is 15.1 Å². The molecule has 1 aromatic carbocycles. The highest BCUT2D eigenvalue weighted by atomic mass is 32.1. The number of carbonyl (C=O) groups is 1. The minimum absolute atomic E-state index is 0.0745. The monoisotopic (exact) mass is 406 g/mol. The van der Waals surface area contributed by atoms with E-state index in [0.717, 1.165) is 30.9 Å². The summed E-state index contributed by atoms with van der Waals surface area (Å²) >= 11 is 1.68. The number of urea groups is 1. The van der Waals surface area contributed by atoms with Crippen LogP contribution in [0.25, 0.3) is 0 Å². The van der Waals surface area contributed by atoms with Crippen LogP contribution in [0.2, 0.25) is 0 Å². The van der Waals surface area contributed by atoms with Gasteiger partial charge in [-0.1, -0.05) is 30.3 Å². The summed E-state index contributed by atoms with van der Waals surface area (Å²) in [5.74, 6) is 0.986. The smallest absolute Gasteiger partial charge is 0.317 e. The van der Waals surface area contributed by atoms with Crippen molar-refractivity contribution in [2.75, 3.05) is 18.5 Å². The van der Waals surface area contributed by atoms with Gasteiger partial charge in [-0.3, -0.25) is 0 Å². The Morgan fingerprint density at radius 3 is 2.76 bits per heavy atom. The highest BCUT2D eigenvalue weighted by Crippen LogP contribution is 2.23. The van der Waals surface area contributed by atoms with Crippen LogP contribution in [-0.4, -0.2) is 29.5 Å². The van der Waals surface area contributed by atoms with Gasteiger partial charge in [0, 0.05) is 37.8 Å². The molecule has 29 heavy (non-hydrogen) atoms. The van der Waals surface area contributed by atoms with E-state index < -0.39 is 0 Å². The molecule has 150 valence electrons. The zero-order valence-electron chi connectivity index (χ0n) is 16.9. The first kappa shape index (κ1) is 19.5. The third-order valence-electron chi connectivity index (χ3n) is 5.40. The molecule has 2 amide bonds. The third-order valence-corrected chi connectivity index (χ3v) is 6.41. The number of pyridine rings is 1. The molecule has 0 bridgehead atoms. The molecule has 0 aliphatic carbocycles. The van der Waals surface area contributed by atoms with Crippen molar-refractivity contribution in [3.8, 4) is 0 Å². The summed E-state index contributed by atoms with van der Waals surface area (Å²) in [7, 11) is 1.82. The van der Waals surface area contributed by atoms with E-state index in [1.165, 1.54) is 21.6 Å². The van der Waals surface area contributed by atoms with Gasteiger partial charge in [0.2, 0.25) is 0 Å². The Balaban J connectivity index is 1.31. The number of thiophene rings is 1. The molecule has 3 heterocycles. The molecular formula is C23H26N4OS. The fourth-order valence-corrected chi connectivity index (χ4v) is 4.52. The van der Waals surface area contributed by atoms with Gasteiger partial charge in [-0.25, -0.2) is 9.78 Å². The molecule has 2 aromatic heterocycles. The Kier molecular flexibility index (Phi) is 5.81. The Morgan fingerprint density at radius 1 is 1.21 bits per heavy atom. The maximum atomic E-state index is 12.4. The van der Waals surface area contributed by atoms with Crippen molar-refractivity contribution >= 4 is 23.2 Å². The summed E-state index contributed by atoms with van der Waals surface area (Å²) in [5.41, 5.74) is 5.04. The molecule has 0 saturated heterocycles. The summed E-state index contributed by atoms with van der Waals surface area (Å²) in [6, 6.07) is 14.7. The first-order valence-corrected chi connectivity index (χ1v) is 10.8. The first-order chi connectivity index (χ1) is 14.1. The lowest BCUT2D eigenvalue weighted by atomic mass is 10.00. The van der Waals surface area contributed by atoms with Crippen LogP contribution in [-0.2, 0) is 26.1 Å². The number of benzene rings is 1. The van der Waals surface area contributed by atoms with E-state index >= 15 is 0 Å². The minimum Gasteiger partial charge on any atom is -0.352 e. The van der Waals surface area contributed by atoms with E-state index in [0.29, 0.717) is 13.1 Å². The van der Waals surface area contributed by atoms with Crippen molar-refractivity contribution in [1.29, 1.82) is 0 Å². The fourth-order valence-electron chi connectivity index (χ4n) is 3.57. The number of hydrogen-bond donors (Lipinski definition) is 1. The highest BCUT2D eigenvalue weighted by molar-refractivity contribution is 7.10. The normalized spacial score (nSPS) is 13.1. The van der Waals surface area contributed by atoms with Gasteiger partial charge in [-0.05, 0) is 53.1 Å². The number of anilines is 1. The maximum absolute atomic E-state index is 12.4. The van der Waals surface area contributed by atoms with Crippen LogP contribution in [0.1, 0.15) is 27.1 Å². The summed E-state index contributed by atoms with van der Waals surface area (Å²) in [6.07, 6.45) is 2.91. The zero-order valence-corrected chi connectivity index (χ0v) is 17.7. The molecule has 0 atom stereocenters. The van der Waals surface area contributed by atoms with Gasteiger partial charge >= 0.3 is 6.03 Å². The summed E-state index contributed by atoms with van der Waals surface area (Å²) in [5, 5.41) is 5.04. The molecule has 0 saturated carbocycles. The number of carbonyl (C=O) groups excluding carboxylic acids is 1.